The molecule has 0 amide bonds. The minimum Gasteiger partial charge on any atom is -0.553 e. The summed E-state index contributed by atoms with van der Waals surface area (Å²) in [6, 6.07) is 30.0. The second-order valence-corrected chi connectivity index (χ2v) is 10.5. The molecule has 0 spiro atoms. The lowest BCUT2D eigenvalue weighted by Gasteiger charge is -2.01. The van der Waals surface area contributed by atoms with E-state index in [9.17, 15) is 0 Å². The number of nitrogens with zero attached hydrogens (tertiary/aromatic N) is 6. The predicted molar refractivity (Wildman–Crippen MR) is 167 cm³/mol. The third-order valence-corrected chi connectivity index (χ3v) is 8.20. The van der Waals surface area contributed by atoms with Crippen LogP contribution < -0.4 is 4.43 Å². The van der Waals surface area contributed by atoms with Crippen LogP contribution in [0.2, 0.25) is 0 Å². The van der Waals surface area contributed by atoms with Crippen LogP contribution >= 0.6 is 0 Å². The van der Waals surface area contributed by atoms with Gasteiger partial charge in [-0.25, -0.2) is 29.9 Å². The number of hydrogen-bond donors (Lipinski definition) is 2. The molecule has 0 saturated carbocycles. The van der Waals surface area contributed by atoms with Crippen molar-refractivity contribution in [3.05, 3.63) is 91.0 Å². The van der Waals surface area contributed by atoms with Gasteiger partial charge in [0.05, 0.1) is 5.39 Å². The van der Waals surface area contributed by atoms with E-state index < -0.39 is 0 Å². The SMILES string of the molecule is [SiH3]Oc1cccc2c3nc4nc(nc5[nH]c(nc6nc(nc([nH]3)c12)-c1ccccc1-6)c1ccccc51)-c1ccccc1-4. The molecule has 0 unspecified atom stereocenters. The first kappa shape index (κ1) is 23.0. The van der Waals surface area contributed by atoms with E-state index in [4.69, 9.17) is 34.3 Å². The van der Waals surface area contributed by atoms with Gasteiger partial charge >= 0.3 is 0 Å². The number of rotatable bonds is 1. The molecule has 0 fully saturated rings. The zero-order chi connectivity index (χ0) is 27.8. The number of aromatic amines is 2. The zero-order valence-corrected chi connectivity index (χ0v) is 24.3. The summed E-state index contributed by atoms with van der Waals surface area (Å²) in [5.41, 5.74) is 6.23. The number of fused-ring (bicyclic) bond motifs is 20. The van der Waals surface area contributed by atoms with Gasteiger partial charge in [-0.15, -0.1) is 0 Å². The topological polar surface area (TPSA) is 118 Å². The van der Waals surface area contributed by atoms with Crippen LogP contribution in [0.25, 0.3) is 89.7 Å². The van der Waals surface area contributed by atoms with Crippen molar-refractivity contribution in [2.45, 2.75) is 0 Å². The van der Waals surface area contributed by atoms with Crippen LogP contribution in [0.15, 0.2) is 91.0 Å². The Bertz CT molecular complexity index is 2420. The lowest BCUT2D eigenvalue weighted by molar-refractivity contribution is 0.624. The van der Waals surface area contributed by atoms with E-state index in [1.54, 1.807) is 0 Å². The fourth-order valence-electron chi connectivity index (χ4n) is 5.83. The molecule has 5 heterocycles. The molecular weight excluding hydrogens is 540 g/mol. The molecule has 9 nitrogen and oxygen atoms in total. The summed E-state index contributed by atoms with van der Waals surface area (Å²) < 4.78 is 5.90. The van der Waals surface area contributed by atoms with E-state index in [-0.39, 0.29) is 0 Å². The highest BCUT2D eigenvalue weighted by Crippen LogP contribution is 2.38. The van der Waals surface area contributed by atoms with Gasteiger partial charge in [0.2, 0.25) is 10.5 Å². The Hall–Kier alpha value is -5.74. The normalized spacial score (nSPS) is 12.0. The molecule has 0 aliphatic carbocycles. The van der Waals surface area contributed by atoms with Crippen molar-refractivity contribution in [3.8, 4) is 51.3 Å². The average molecular weight is 561 g/mol. The van der Waals surface area contributed by atoms with Crippen LogP contribution in [0.1, 0.15) is 0 Å². The number of benzene rings is 4. The molecule has 2 N–H and O–H groups in total. The van der Waals surface area contributed by atoms with Crippen molar-refractivity contribution >= 4 is 54.6 Å². The second kappa shape index (κ2) is 8.63. The first-order chi connectivity index (χ1) is 20.7. The summed E-state index contributed by atoms with van der Waals surface area (Å²) in [6.07, 6.45) is 0. The van der Waals surface area contributed by atoms with E-state index >= 15 is 0 Å². The van der Waals surface area contributed by atoms with E-state index in [0.29, 0.717) is 56.4 Å². The first-order valence-electron chi connectivity index (χ1n) is 13.5. The number of hydrogen-bond acceptors (Lipinski definition) is 7. The molecule has 10 heteroatoms. The fraction of sp³-hybridized carbons (Fsp3) is 0. The summed E-state index contributed by atoms with van der Waals surface area (Å²) in [5.74, 6) is 3.04. The second-order valence-electron chi connectivity index (χ2n) is 10.1. The van der Waals surface area contributed by atoms with Gasteiger partial charge in [-0.2, -0.15) is 0 Å². The minimum atomic E-state index is 0.529. The van der Waals surface area contributed by atoms with Crippen LogP contribution in [0, 0.1) is 0 Å². The smallest absolute Gasteiger partial charge is 0.204 e. The summed E-state index contributed by atoms with van der Waals surface area (Å²) in [5, 5.41) is 3.63. The highest BCUT2D eigenvalue weighted by Gasteiger charge is 2.22. The van der Waals surface area contributed by atoms with Gasteiger partial charge in [0.1, 0.15) is 28.3 Å². The Morgan fingerprint density at radius 1 is 0.429 bits per heavy atom. The van der Waals surface area contributed by atoms with Crippen molar-refractivity contribution in [1.82, 2.24) is 39.9 Å². The first-order valence-corrected chi connectivity index (χ1v) is 14.3. The summed E-state index contributed by atoms with van der Waals surface area (Å²) in [4.78, 5) is 36.9. The van der Waals surface area contributed by atoms with Crippen molar-refractivity contribution in [2.24, 2.45) is 0 Å². The van der Waals surface area contributed by atoms with Gasteiger partial charge < -0.3 is 14.4 Å². The van der Waals surface area contributed by atoms with Gasteiger partial charge in [-0.05, 0) is 6.07 Å². The maximum absolute atomic E-state index is 5.90. The van der Waals surface area contributed by atoms with Crippen molar-refractivity contribution in [1.29, 1.82) is 0 Å². The van der Waals surface area contributed by atoms with Crippen LogP contribution in [0.5, 0.6) is 5.75 Å². The van der Waals surface area contributed by atoms with E-state index in [2.05, 4.69) is 9.97 Å². The lowest BCUT2D eigenvalue weighted by Crippen LogP contribution is -1.86. The maximum atomic E-state index is 5.90. The minimum absolute atomic E-state index is 0.529. The molecule has 2 aliphatic heterocycles. The van der Waals surface area contributed by atoms with Gasteiger partial charge in [0.25, 0.3) is 0 Å². The Balaban J connectivity index is 1.52. The van der Waals surface area contributed by atoms with Crippen LogP contribution in [-0.2, 0) is 0 Å². The van der Waals surface area contributed by atoms with Crippen molar-refractivity contribution in [2.75, 3.05) is 0 Å². The van der Waals surface area contributed by atoms with Crippen molar-refractivity contribution < 1.29 is 4.43 Å². The van der Waals surface area contributed by atoms with Gasteiger partial charge in [0.15, 0.2) is 23.3 Å². The van der Waals surface area contributed by atoms with Crippen LogP contribution in [0.3, 0.4) is 0 Å². The molecule has 0 radical (unpaired) electrons. The Morgan fingerprint density at radius 2 is 0.833 bits per heavy atom. The molecule has 0 atom stereocenters. The molecule has 42 heavy (non-hydrogen) atoms. The summed E-state index contributed by atoms with van der Waals surface area (Å²) in [6.45, 7) is 0. The average Bonchev–Trinajstić information content (AvgIpc) is 3.76. The molecule has 198 valence electrons. The largest absolute Gasteiger partial charge is 0.553 e. The molecular formula is C32H20N8OSi. The molecule has 7 aromatic rings. The van der Waals surface area contributed by atoms with E-state index in [1.807, 2.05) is 91.0 Å². The molecule has 9 rings (SSSR count). The third-order valence-electron chi connectivity index (χ3n) is 7.76. The highest BCUT2D eigenvalue weighted by molar-refractivity contribution is 6.11. The van der Waals surface area contributed by atoms with Gasteiger partial charge in [-0.3, -0.25) is 0 Å². The van der Waals surface area contributed by atoms with Crippen LogP contribution in [-0.4, -0.2) is 50.4 Å². The van der Waals surface area contributed by atoms with E-state index in [1.165, 1.54) is 0 Å². The Morgan fingerprint density at radius 3 is 1.33 bits per heavy atom. The van der Waals surface area contributed by atoms with Crippen molar-refractivity contribution in [3.63, 3.8) is 0 Å². The predicted octanol–water partition coefficient (Wildman–Crippen LogP) is 5.53. The lowest BCUT2D eigenvalue weighted by atomic mass is 10.1. The molecule has 4 aromatic carbocycles. The Kier molecular flexibility index (Phi) is 4.73. The Labute approximate surface area is 240 Å². The molecule has 8 bridgehead atoms. The molecule has 0 saturated heterocycles. The monoisotopic (exact) mass is 560 g/mol. The zero-order valence-electron chi connectivity index (χ0n) is 22.3. The summed E-state index contributed by atoms with van der Waals surface area (Å²) in [7, 11) is 0.529. The fourth-order valence-corrected chi connectivity index (χ4v) is 6.17. The highest BCUT2D eigenvalue weighted by atomic mass is 28.2. The van der Waals surface area contributed by atoms with E-state index in [0.717, 1.165) is 49.5 Å². The quantitative estimate of drug-likeness (QED) is 0.254. The summed E-state index contributed by atoms with van der Waals surface area (Å²) >= 11 is 0. The number of nitrogens with one attached hydrogen (secondary N) is 2. The van der Waals surface area contributed by atoms with Crippen LogP contribution in [0.4, 0.5) is 0 Å². The molecule has 3 aromatic heterocycles. The molecule has 2 aliphatic rings. The standard InChI is InChI=1S/C32H20N8OSi/c42-41-23-15-7-14-22-24(23)32-39-30-21-13-6-5-12-20(21)28(37-30)35-26-17-9-2-1-8-16(17)25(33-26)34-27-18-10-3-4-11-19(18)29(36-27)38-31(22)40-32/h1-15H,42H3,(H2,33,34,35,36,37,38,39,40). The van der Waals surface area contributed by atoms with Gasteiger partial charge in [-0.1, -0.05) is 84.9 Å². The van der Waals surface area contributed by atoms with Gasteiger partial charge in [0, 0.05) is 38.4 Å². The third kappa shape index (κ3) is 3.29. The number of aromatic nitrogens is 8. The maximum Gasteiger partial charge on any atom is 0.204 e. The number of H-pyrrole nitrogens is 2.